The molecule has 1 N–H and O–H groups in total. The largest absolute Gasteiger partial charge is 0.460 e. The summed E-state index contributed by atoms with van der Waals surface area (Å²) in [5, 5.41) is 3.13. The van der Waals surface area contributed by atoms with Crippen molar-refractivity contribution in [3.05, 3.63) is 35.9 Å². The Labute approximate surface area is 111 Å². The number of hydrogen-bond donors (Lipinski definition) is 1. The fourth-order valence-electron chi connectivity index (χ4n) is 2.53. The van der Waals surface area contributed by atoms with E-state index in [4.69, 9.17) is 0 Å². The van der Waals surface area contributed by atoms with Crippen LogP contribution in [-0.2, 0) is 6.54 Å². The molecule has 0 bridgehead atoms. The number of nitrogens with zero attached hydrogens (tertiary/aromatic N) is 1. The Bertz CT molecular complexity index is 378. The van der Waals surface area contributed by atoms with Crippen LogP contribution in [0.1, 0.15) is 24.8 Å². The molecule has 19 heavy (non-hydrogen) atoms. The summed E-state index contributed by atoms with van der Waals surface area (Å²) in [7, 11) is 0. The van der Waals surface area contributed by atoms with Gasteiger partial charge < -0.3 is 5.32 Å². The van der Waals surface area contributed by atoms with Crippen LogP contribution in [0.5, 0.6) is 0 Å². The minimum absolute atomic E-state index is 0.126. The molecular weight excluding hydrogens is 253 g/mol. The molecule has 1 aromatic carbocycles. The van der Waals surface area contributed by atoms with Gasteiger partial charge >= 0.3 is 6.30 Å². The Kier molecular flexibility index (Phi) is 4.82. The highest BCUT2D eigenvalue weighted by atomic mass is 19.4. The van der Waals surface area contributed by atoms with Crippen molar-refractivity contribution in [2.75, 3.05) is 13.1 Å². The molecule has 5 heteroatoms. The predicted octanol–water partition coefficient (Wildman–Crippen LogP) is 3.15. The topological polar surface area (TPSA) is 15.3 Å². The van der Waals surface area contributed by atoms with E-state index < -0.39 is 12.3 Å². The second kappa shape index (κ2) is 6.39. The maximum Gasteiger partial charge on any atom is 0.460 e. The summed E-state index contributed by atoms with van der Waals surface area (Å²) in [6, 6.07) is 9.29. The highest BCUT2D eigenvalue weighted by Gasteiger charge is 2.42. The molecule has 0 radical (unpaired) electrons. The number of hydrogen-bond acceptors (Lipinski definition) is 2. The Morgan fingerprint density at radius 1 is 1.16 bits per heavy atom. The van der Waals surface area contributed by atoms with Crippen molar-refractivity contribution in [1.82, 2.24) is 10.2 Å². The first-order valence-corrected chi connectivity index (χ1v) is 6.65. The van der Waals surface area contributed by atoms with Gasteiger partial charge in [-0.25, -0.2) is 4.90 Å². The van der Waals surface area contributed by atoms with Gasteiger partial charge in [-0.05, 0) is 18.4 Å². The molecule has 0 aliphatic carbocycles. The lowest BCUT2D eigenvalue weighted by Crippen LogP contribution is -2.52. The monoisotopic (exact) mass is 272 g/mol. The maximum absolute atomic E-state index is 12.8. The number of benzene rings is 1. The van der Waals surface area contributed by atoms with E-state index in [0.29, 0.717) is 30.8 Å². The molecule has 2 rings (SSSR count). The van der Waals surface area contributed by atoms with Crippen molar-refractivity contribution in [2.24, 2.45) is 0 Å². The third kappa shape index (κ3) is 4.21. The number of rotatable bonds is 4. The first-order chi connectivity index (χ1) is 9.07. The van der Waals surface area contributed by atoms with Gasteiger partial charge in [-0.1, -0.05) is 36.8 Å². The highest BCUT2D eigenvalue weighted by Crippen LogP contribution is 2.29. The van der Waals surface area contributed by atoms with Gasteiger partial charge in [0.2, 0.25) is 0 Å². The number of likely N-dealkylation sites (tertiary alicyclic amines) is 1. The van der Waals surface area contributed by atoms with Crippen LogP contribution in [0.3, 0.4) is 0 Å². The second-order valence-electron chi connectivity index (χ2n) is 4.93. The van der Waals surface area contributed by atoms with Crippen LogP contribution in [0.15, 0.2) is 30.3 Å². The van der Waals surface area contributed by atoms with Crippen LogP contribution in [0, 0.1) is 0 Å². The summed E-state index contributed by atoms with van der Waals surface area (Å²) in [6.45, 7) is 1.12. The summed E-state index contributed by atoms with van der Waals surface area (Å²) in [6.07, 6.45) is -2.08. The SMILES string of the molecule is FC(F)(F)N1CCCC[C@H]1CNCc1ccccc1. The van der Waals surface area contributed by atoms with E-state index >= 15 is 0 Å². The number of halogens is 3. The summed E-state index contributed by atoms with van der Waals surface area (Å²) in [4.78, 5) is 0.675. The molecule has 1 fully saturated rings. The number of nitrogens with one attached hydrogen (secondary N) is 1. The lowest BCUT2D eigenvalue weighted by atomic mass is 10.0. The molecule has 1 aliphatic heterocycles. The first-order valence-electron chi connectivity index (χ1n) is 6.65. The predicted molar refractivity (Wildman–Crippen MR) is 68.5 cm³/mol. The average Bonchev–Trinajstić information content (AvgIpc) is 2.39. The van der Waals surface area contributed by atoms with E-state index in [1.807, 2.05) is 30.3 Å². The van der Waals surface area contributed by atoms with Crippen molar-refractivity contribution in [1.29, 1.82) is 0 Å². The molecule has 1 atom stereocenters. The van der Waals surface area contributed by atoms with E-state index in [2.05, 4.69) is 5.32 Å². The standard InChI is InChI=1S/C14H19F3N2/c15-14(16,17)19-9-5-4-8-13(19)11-18-10-12-6-2-1-3-7-12/h1-3,6-7,13,18H,4-5,8-11H2/t13-/m0/s1. The van der Waals surface area contributed by atoms with Gasteiger partial charge in [-0.15, -0.1) is 0 Å². The van der Waals surface area contributed by atoms with Crippen molar-refractivity contribution in [2.45, 2.75) is 38.1 Å². The molecule has 106 valence electrons. The van der Waals surface area contributed by atoms with Gasteiger partial charge in [0, 0.05) is 25.7 Å². The molecule has 1 saturated heterocycles. The van der Waals surface area contributed by atoms with Crippen LogP contribution < -0.4 is 5.32 Å². The van der Waals surface area contributed by atoms with Crippen molar-refractivity contribution in [3.8, 4) is 0 Å². The van der Waals surface area contributed by atoms with Gasteiger partial charge in [-0.2, -0.15) is 13.2 Å². The van der Waals surface area contributed by atoms with Crippen LogP contribution in [0.25, 0.3) is 0 Å². The van der Waals surface area contributed by atoms with Crippen LogP contribution in [0.2, 0.25) is 0 Å². The van der Waals surface area contributed by atoms with E-state index in [1.165, 1.54) is 0 Å². The highest BCUT2D eigenvalue weighted by molar-refractivity contribution is 5.14. The van der Waals surface area contributed by atoms with Gasteiger partial charge in [0.1, 0.15) is 0 Å². The first kappa shape index (κ1) is 14.3. The Balaban J connectivity index is 1.83. The van der Waals surface area contributed by atoms with Gasteiger partial charge in [0.05, 0.1) is 0 Å². The molecule has 1 aliphatic rings. The van der Waals surface area contributed by atoms with Crippen molar-refractivity contribution in [3.63, 3.8) is 0 Å². The molecule has 0 aromatic heterocycles. The van der Waals surface area contributed by atoms with E-state index in [9.17, 15) is 13.2 Å². The Morgan fingerprint density at radius 2 is 1.89 bits per heavy atom. The summed E-state index contributed by atoms with van der Waals surface area (Å²) in [5.41, 5.74) is 1.09. The number of piperidine rings is 1. The zero-order valence-electron chi connectivity index (χ0n) is 10.8. The molecule has 0 unspecified atom stereocenters. The maximum atomic E-state index is 12.8. The fraction of sp³-hybridized carbons (Fsp3) is 0.571. The minimum Gasteiger partial charge on any atom is -0.311 e. The molecule has 0 amide bonds. The normalized spacial score (nSPS) is 21.5. The van der Waals surface area contributed by atoms with Crippen LogP contribution in [0.4, 0.5) is 13.2 Å². The lowest BCUT2D eigenvalue weighted by Gasteiger charge is -2.36. The van der Waals surface area contributed by atoms with Gasteiger partial charge in [-0.3, -0.25) is 0 Å². The van der Waals surface area contributed by atoms with Crippen LogP contribution in [-0.4, -0.2) is 30.3 Å². The number of alkyl halides is 3. The van der Waals surface area contributed by atoms with E-state index in [1.54, 1.807) is 0 Å². The quantitative estimate of drug-likeness (QED) is 0.847. The smallest absolute Gasteiger partial charge is 0.311 e. The second-order valence-corrected chi connectivity index (χ2v) is 4.93. The zero-order valence-corrected chi connectivity index (χ0v) is 10.8. The van der Waals surface area contributed by atoms with E-state index in [-0.39, 0.29) is 6.54 Å². The van der Waals surface area contributed by atoms with Crippen molar-refractivity contribution >= 4 is 0 Å². The fourth-order valence-corrected chi connectivity index (χ4v) is 2.53. The molecule has 1 heterocycles. The summed E-state index contributed by atoms with van der Waals surface area (Å²) in [5.74, 6) is 0. The summed E-state index contributed by atoms with van der Waals surface area (Å²) < 4.78 is 38.5. The van der Waals surface area contributed by atoms with Crippen molar-refractivity contribution < 1.29 is 13.2 Å². The molecule has 0 saturated carbocycles. The minimum atomic E-state index is -4.21. The third-order valence-corrected chi connectivity index (χ3v) is 3.50. The van der Waals surface area contributed by atoms with Crippen LogP contribution >= 0.6 is 0 Å². The zero-order chi connectivity index (χ0) is 13.7. The Hall–Kier alpha value is -1.07. The summed E-state index contributed by atoms with van der Waals surface area (Å²) >= 11 is 0. The van der Waals surface area contributed by atoms with Gasteiger partial charge in [0.25, 0.3) is 0 Å². The molecule has 0 spiro atoms. The average molecular weight is 272 g/mol. The lowest BCUT2D eigenvalue weighted by molar-refractivity contribution is -0.263. The van der Waals surface area contributed by atoms with E-state index in [0.717, 1.165) is 12.0 Å². The Morgan fingerprint density at radius 3 is 2.58 bits per heavy atom. The third-order valence-electron chi connectivity index (χ3n) is 3.50. The molecular formula is C14H19F3N2. The molecule has 1 aromatic rings. The molecule has 2 nitrogen and oxygen atoms in total. The van der Waals surface area contributed by atoms with Gasteiger partial charge in [0.15, 0.2) is 0 Å².